The number of amides is 1. The molecule has 0 saturated carbocycles. The number of nitrogens with one attached hydrogen (secondary N) is 1. The highest BCUT2D eigenvalue weighted by Gasteiger charge is 2.15. The van der Waals surface area contributed by atoms with E-state index in [4.69, 9.17) is 32.7 Å². The minimum atomic E-state index is -0.159. The summed E-state index contributed by atoms with van der Waals surface area (Å²) in [6, 6.07) is 10.9. The lowest BCUT2D eigenvalue weighted by molar-refractivity contribution is -0.117. The van der Waals surface area contributed by atoms with Crippen LogP contribution in [0.1, 0.15) is 12.5 Å². The van der Waals surface area contributed by atoms with Crippen LogP contribution in [0.2, 0.25) is 10.0 Å². The number of halogens is 2. The second-order valence-corrected chi connectivity index (χ2v) is 6.51. The highest BCUT2D eigenvalue weighted by atomic mass is 35.5. The summed E-state index contributed by atoms with van der Waals surface area (Å²) >= 11 is 12.2. The van der Waals surface area contributed by atoms with Crippen LogP contribution in [0.5, 0.6) is 11.5 Å². The maximum Gasteiger partial charge on any atom is 0.238 e. The Morgan fingerprint density at radius 2 is 1.85 bits per heavy atom. The van der Waals surface area contributed by atoms with E-state index in [1.54, 1.807) is 12.1 Å². The molecule has 0 aromatic heterocycles. The lowest BCUT2D eigenvalue weighted by atomic mass is 10.2. The third kappa shape index (κ3) is 5.53. The van der Waals surface area contributed by atoms with Crippen LogP contribution in [-0.2, 0) is 11.3 Å². The van der Waals surface area contributed by atoms with Gasteiger partial charge >= 0.3 is 0 Å². The molecule has 2 rings (SSSR count). The Hall–Kier alpha value is -1.95. The smallest absolute Gasteiger partial charge is 0.238 e. The topological polar surface area (TPSA) is 50.8 Å². The van der Waals surface area contributed by atoms with Crippen LogP contribution in [0.15, 0.2) is 36.4 Å². The van der Waals surface area contributed by atoms with Crippen molar-refractivity contribution in [2.75, 3.05) is 32.6 Å². The first-order chi connectivity index (χ1) is 12.5. The van der Waals surface area contributed by atoms with Gasteiger partial charge in [0, 0.05) is 17.6 Å². The van der Waals surface area contributed by atoms with Gasteiger partial charge in [-0.3, -0.25) is 9.69 Å². The van der Waals surface area contributed by atoms with Crippen LogP contribution in [0, 0.1) is 0 Å². The van der Waals surface area contributed by atoms with Crippen molar-refractivity contribution in [3.05, 3.63) is 52.0 Å². The maximum atomic E-state index is 12.5. The normalized spacial score (nSPS) is 10.7. The zero-order chi connectivity index (χ0) is 19.1. The molecule has 2 aromatic rings. The minimum absolute atomic E-state index is 0.159. The van der Waals surface area contributed by atoms with E-state index in [0.717, 1.165) is 12.1 Å². The Morgan fingerprint density at radius 3 is 2.46 bits per heavy atom. The number of likely N-dealkylation sites (N-methyl/N-ethyl adjacent to an activating group) is 1. The molecule has 0 heterocycles. The molecule has 1 amide bonds. The first-order valence-corrected chi connectivity index (χ1v) is 8.90. The van der Waals surface area contributed by atoms with Gasteiger partial charge in [0.2, 0.25) is 5.91 Å². The third-order valence-corrected chi connectivity index (χ3v) is 4.39. The van der Waals surface area contributed by atoms with Crippen molar-refractivity contribution in [2.45, 2.75) is 13.5 Å². The summed E-state index contributed by atoms with van der Waals surface area (Å²) in [4.78, 5) is 14.5. The number of carbonyl (C=O) groups excluding carboxylic acids is 1. The zero-order valence-corrected chi connectivity index (χ0v) is 16.5. The molecule has 26 heavy (non-hydrogen) atoms. The monoisotopic (exact) mass is 396 g/mol. The van der Waals surface area contributed by atoms with Crippen LogP contribution in [0.4, 0.5) is 5.69 Å². The van der Waals surface area contributed by atoms with E-state index >= 15 is 0 Å². The highest BCUT2D eigenvalue weighted by molar-refractivity contribution is 6.32. The summed E-state index contributed by atoms with van der Waals surface area (Å²) in [6.45, 7) is 3.59. The molecule has 0 aliphatic heterocycles. The molecular weight excluding hydrogens is 375 g/mol. The fourth-order valence-electron chi connectivity index (χ4n) is 2.52. The van der Waals surface area contributed by atoms with Crippen molar-refractivity contribution in [1.82, 2.24) is 4.90 Å². The van der Waals surface area contributed by atoms with E-state index in [9.17, 15) is 4.79 Å². The predicted octanol–water partition coefficient (Wildman–Crippen LogP) is 4.47. The van der Waals surface area contributed by atoms with Crippen molar-refractivity contribution in [3.63, 3.8) is 0 Å². The molecule has 0 saturated heterocycles. The second kappa shape index (κ2) is 9.67. The van der Waals surface area contributed by atoms with Crippen molar-refractivity contribution < 1.29 is 14.3 Å². The van der Waals surface area contributed by atoms with E-state index in [-0.39, 0.29) is 12.5 Å². The number of hydrogen-bond donors (Lipinski definition) is 1. The van der Waals surface area contributed by atoms with E-state index in [2.05, 4.69) is 5.32 Å². The number of nitrogens with zero attached hydrogens (tertiary/aromatic N) is 1. The van der Waals surface area contributed by atoms with Gasteiger partial charge < -0.3 is 14.8 Å². The number of hydrogen-bond acceptors (Lipinski definition) is 4. The number of methoxy groups -OCH3 is 2. The molecule has 7 heteroatoms. The van der Waals surface area contributed by atoms with Gasteiger partial charge in [0.15, 0.2) is 0 Å². The summed E-state index contributed by atoms with van der Waals surface area (Å²) in [6.07, 6.45) is 0. The van der Waals surface area contributed by atoms with Gasteiger partial charge in [0.1, 0.15) is 11.5 Å². The molecule has 0 aliphatic rings. The van der Waals surface area contributed by atoms with Gasteiger partial charge in [0.05, 0.1) is 31.5 Å². The van der Waals surface area contributed by atoms with E-state index < -0.39 is 0 Å². The van der Waals surface area contributed by atoms with Crippen LogP contribution in [0.25, 0.3) is 0 Å². The quantitative estimate of drug-likeness (QED) is 0.714. The fourth-order valence-corrected chi connectivity index (χ4v) is 2.98. The Balaban J connectivity index is 2.05. The third-order valence-electron chi connectivity index (χ3n) is 3.86. The van der Waals surface area contributed by atoms with Gasteiger partial charge in [-0.15, -0.1) is 0 Å². The van der Waals surface area contributed by atoms with Crippen molar-refractivity contribution in [2.24, 2.45) is 0 Å². The standard InChI is InChI=1S/C19H22Cl2N2O3/c1-4-23(11-13-6-5-7-14(20)8-13)12-19(24)22-16-9-15(21)17(25-2)10-18(16)26-3/h5-10H,4,11-12H2,1-3H3,(H,22,24). The lowest BCUT2D eigenvalue weighted by Crippen LogP contribution is -2.32. The van der Waals surface area contributed by atoms with Gasteiger partial charge in [-0.2, -0.15) is 0 Å². The lowest BCUT2D eigenvalue weighted by Gasteiger charge is -2.20. The molecule has 0 bridgehead atoms. The fraction of sp³-hybridized carbons (Fsp3) is 0.316. The van der Waals surface area contributed by atoms with E-state index in [1.807, 2.05) is 36.1 Å². The highest BCUT2D eigenvalue weighted by Crippen LogP contribution is 2.35. The number of ether oxygens (including phenoxy) is 2. The first kappa shape index (κ1) is 20.4. The van der Waals surface area contributed by atoms with E-state index in [0.29, 0.717) is 33.8 Å². The summed E-state index contributed by atoms with van der Waals surface area (Å²) in [5, 5.41) is 3.92. The Kier molecular flexibility index (Phi) is 7.57. The van der Waals surface area contributed by atoms with Crippen LogP contribution in [0.3, 0.4) is 0 Å². The van der Waals surface area contributed by atoms with Crippen LogP contribution < -0.4 is 14.8 Å². The predicted molar refractivity (Wildman–Crippen MR) is 106 cm³/mol. The summed E-state index contributed by atoms with van der Waals surface area (Å²) in [5.74, 6) is 0.809. The molecule has 140 valence electrons. The van der Waals surface area contributed by atoms with Gasteiger partial charge in [0.25, 0.3) is 0 Å². The molecule has 2 aromatic carbocycles. The van der Waals surface area contributed by atoms with E-state index in [1.165, 1.54) is 14.2 Å². The molecule has 0 radical (unpaired) electrons. The molecule has 1 N–H and O–H groups in total. The number of benzene rings is 2. The summed E-state index contributed by atoms with van der Waals surface area (Å²) < 4.78 is 10.5. The van der Waals surface area contributed by atoms with Crippen molar-refractivity contribution in [1.29, 1.82) is 0 Å². The van der Waals surface area contributed by atoms with Crippen LogP contribution in [-0.4, -0.2) is 38.1 Å². The Morgan fingerprint density at radius 1 is 1.12 bits per heavy atom. The average molecular weight is 397 g/mol. The van der Waals surface area contributed by atoms with Gasteiger partial charge in [-0.1, -0.05) is 42.3 Å². The molecular formula is C19H22Cl2N2O3. The van der Waals surface area contributed by atoms with Gasteiger partial charge in [-0.25, -0.2) is 0 Å². The van der Waals surface area contributed by atoms with Crippen molar-refractivity contribution in [3.8, 4) is 11.5 Å². The van der Waals surface area contributed by atoms with Gasteiger partial charge in [-0.05, 0) is 30.3 Å². The molecule has 0 atom stereocenters. The molecule has 0 spiro atoms. The Bertz CT molecular complexity index is 768. The second-order valence-electron chi connectivity index (χ2n) is 5.67. The molecule has 5 nitrogen and oxygen atoms in total. The maximum absolute atomic E-state index is 12.5. The van der Waals surface area contributed by atoms with Crippen molar-refractivity contribution >= 4 is 34.8 Å². The average Bonchev–Trinajstić information content (AvgIpc) is 2.61. The molecule has 0 fully saturated rings. The first-order valence-electron chi connectivity index (χ1n) is 8.15. The summed E-state index contributed by atoms with van der Waals surface area (Å²) in [7, 11) is 3.05. The number of carbonyl (C=O) groups is 1. The largest absolute Gasteiger partial charge is 0.495 e. The number of rotatable bonds is 8. The molecule has 0 unspecified atom stereocenters. The summed E-state index contributed by atoms with van der Waals surface area (Å²) in [5.41, 5.74) is 1.55. The minimum Gasteiger partial charge on any atom is -0.495 e. The number of anilines is 1. The zero-order valence-electron chi connectivity index (χ0n) is 15.0. The SMILES string of the molecule is CCN(CC(=O)Nc1cc(Cl)c(OC)cc1OC)Cc1cccc(Cl)c1. The molecule has 0 aliphatic carbocycles. The van der Waals surface area contributed by atoms with Crippen LogP contribution >= 0.6 is 23.2 Å². The Labute approximate surface area is 163 Å².